The van der Waals surface area contributed by atoms with Crippen LogP contribution in [0.1, 0.15) is 35.2 Å². The smallest absolute Gasteiger partial charge is 0.319 e. The van der Waals surface area contributed by atoms with Gasteiger partial charge in [-0.1, -0.05) is 36.4 Å². The molecule has 1 unspecified atom stereocenters. The lowest BCUT2D eigenvalue weighted by Crippen LogP contribution is -2.31. The molecule has 0 aromatic heterocycles. The number of hydrogen-bond acceptors (Lipinski definition) is 5. The molecule has 7 nitrogen and oxygen atoms in total. The number of nitrogens with zero attached hydrogens (tertiary/aromatic N) is 1. The van der Waals surface area contributed by atoms with E-state index in [0.717, 1.165) is 24.2 Å². The minimum Gasteiger partial charge on any atom is -0.495 e. The summed E-state index contributed by atoms with van der Waals surface area (Å²) in [7, 11) is -0.222. The van der Waals surface area contributed by atoms with Gasteiger partial charge in [-0.15, -0.1) is 0 Å². The number of anilines is 1. The molecule has 0 bridgehead atoms. The summed E-state index contributed by atoms with van der Waals surface area (Å²) >= 11 is 0. The maximum absolute atomic E-state index is 14.0. The van der Waals surface area contributed by atoms with Crippen LogP contribution in [0.2, 0.25) is 0 Å². The van der Waals surface area contributed by atoms with Gasteiger partial charge in [-0.25, -0.2) is 17.6 Å². The number of nitrogens with one attached hydrogen (secondary N) is 2. The lowest BCUT2D eigenvalue weighted by molar-refractivity contribution is 0.249. The zero-order valence-electron chi connectivity index (χ0n) is 19.8. The molecule has 2 N–H and O–H groups in total. The van der Waals surface area contributed by atoms with Gasteiger partial charge < -0.3 is 15.4 Å². The molecule has 0 saturated carbocycles. The van der Waals surface area contributed by atoms with Crippen LogP contribution in [0, 0.1) is 5.82 Å². The lowest BCUT2D eigenvalue weighted by atomic mass is 10.1. The van der Waals surface area contributed by atoms with E-state index in [2.05, 4.69) is 15.5 Å². The highest BCUT2D eigenvalue weighted by Crippen LogP contribution is 2.30. The van der Waals surface area contributed by atoms with E-state index in [1.807, 2.05) is 25.2 Å². The number of benzene rings is 3. The molecule has 0 spiro atoms. The predicted octanol–water partition coefficient (Wildman–Crippen LogP) is 4.64. The Morgan fingerprint density at radius 1 is 1.09 bits per heavy atom. The van der Waals surface area contributed by atoms with Gasteiger partial charge in [0, 0.05) is 24.7 Å². The topological polar surface area (TPSA) is 87.7 Å². The van der Waals surface area contributed by atoms with E-state index >= 15 is 0 Å². The molecule has 3 aromatic rings. The molecular weight excluding hydrogens is 469 g/mol. The fourth-order valence-electron chi connectivity index (χ4n) is 4.24. The zero-order valence-corrected chi connectivity index (χ0v) is 20.7. The van der Waals surface area contributed by atoms with Gasteiger partial charge in [0.15, 0.2) is 9.84 Å². The van der Waals surface area contributed by atoms with Crippen molar-refractivity contribution in [1.29, 1.82) is 0 Å². The number of halogens is 1. The van der Waals surface area contributed by atoms with Crippen LogP contribution >= 0.6 is 0 Å². The number of carbonyl (C=O) groups excluding carboxylic acids is 1. The third kappa shape index (κ3) is 5.63. The first kappa shape index (κ1) is 24.7. The first-order valence-electron chi connectivity index (χ1n) is 11.2. The van der Waals surface area contributed by atoms with Crippen LogP contribution in [0.5, 0.6) is 5.75 Å². The van der Waals surface area contributed by atoms with Crippen molar-refractivity contribution in [1.82, 2.24) is 10.2 Å². The molecule has 2 amide bonds. The van der Waals surface area contributed by atoms with E-state index in [0.29, 0.717) is 11.3 Å². The summed E-state index contributed by atoms with van der Waals surface area (Å²) in [6.45, 7) is 3.33. The number of sulfone groups is 1. The van der Waals surface area contributed by atoms with Crippen LogP contribution in [0.3, 0.4) is 0 Å². The average molecular weight is 498 g/mol. The summed E-state index contributed by atoms with van der Waals surface area (Å²) in [6, 6.07) is 15.2. The second-order valence-corrected chi connectivity index (χ2v) is 10.7. The van der Waals surface area contributed by atoms with Crippen molar-refractivity contribution < 1.29 is 22.3 Å². The third-order valence-electron chi connectivity index (χ3n) is 6.01. The Morgan fingerprint density at radius 3 is 2.57 bits per heavy atom. The van der Waals surface area contributed by atoms with E-state index in [-0.39, 0.29) is 16.4 Å². The zero-order chi connectivity index (χ0) is 25.2. The van der Waals surface area contributed by atoms with Crippen molar-refractivity contribution in [3.63, 3.8) is 0 Å². The Labute approximate surface area is 204 Å². The number of methoxy groups -OCH3 is 1. The Balaban J connectivity index is 1.47. The molecule has 1 atom stereocenters. The number of urea groups is 1. The van der Waals surface area contributed by atoms with Crippen LogP contribution in [-0.4, -0.2) is 33.5 Å². The van der Waals surface area contributed by atoms with Crippen molar-refractivity contribution in [3.8, 4) is 5.75 Å². The predicted molar refractivity (Wildman–Crippen MR) is 132 cm³/mol. The summed E-state index contributed by atoms with van der Waals surface area (Å²) in [4.78, 5) is 14.8. The van der Waals surface area contributed by atoms with Crippen molar-refractivity contribution in [2.45, 2.75) is 36.7 Å². The second-order valence-electron chi connectivity index (χ2n) is 8.74. The molecule has 0 saturated heterocycles. The monoisotopic (exact) mass is 497 g/mol. The highest BCUT2D eigenvalue weighted by atomic mass is 32.2. The van der Waals surface area contributed by atoms with Crippen LogP contribution in [0.4, 0.5) is 14.9 Å². The summed E-state index contributed by atoms with van der Waals surface area (Å²) < 4.78 is 45.5. The number of amides is 2. The molecule has 1 aliphatic heterocycles. The second kappa shape index (κ2) is 10.1. The van der Waals surface area contributed by atoms with Gasteiger partial charge in [0.25, 0.3) is 0 Å². The number of ether oxygens (including phenoxy) is 1. The largest absolute Gasteiger partial charge is 0.495 e. The van der Waals surface area contributed by atoms with Gasteiger partial charge >= 0.3 is 6.03 Å². The Morgan fingerprint density at radius 2 is 1.83 bits per heavy atom. The summed E-state index contributed by atoms with van der Waals surface area (Å²) in [5, 5.41) is 5.32. The number of rotatable bonds is 7. The summed E-state index contributed by atoms with van der Waals surface area (Å²) in [6.07, 6.45) is 0. The number of carbonyl (C=O) groups is 1. The Kier molecular flexibility index (Phi) is 7.09. The van der Waals surface area contributed by atoms with E-state index < -0.39 is 27.7 Å². The fourth-order valence-corrected chi connectivity index (χ4v) is 5.59. The van der Waals surface area contributed by atoms with E-state index in [1.54, 1.807) is 25.1 Å². The maximum atomic E-state index is 14.0. The van der Waals surface area contributed by atoms with Crippen LogP contribution < -0.4 is 15.4 Å². The molecule has 9 heteroatoms. The van der Waals surface area contributed by atoms with Gasteiger partial charge in [0.1, 0.15) is 11.6 Å². The molecule has 0 fully saturated rings. The SMILES string of the molecule is COc1cc(S(=O)(=O)Cc2ccc3c(c2)CN(C)C3)ccc1NC(=O)NC(C)c1ccccc1F. The standard InChI is InChI=1S/C26H28FN3O4S/c1-17(22-6-4-5-7-23(22)27)28-26(31)29-24-11-10-21(13-25(24)34-3)35(32,33)16-18-8-9-19-14-30(2)15-20(19)12-18/h4-13,17H,14-16H2,1-3H3,(H2,28,29,31). The van der Waals surface area contributed by atoms with Crippen LogP contribution in [0.25, 0.3) is 0 Å². The fraction of sp³-hybridized carbons (Fsp3) is 0.269. The summed E-state index contributed by atoms with van der Waals surface area (Å²) in [5.74, 6) is -0.348. The van der Waals surface area contributed by atoms with E-state index in [4.69, 9.17) is 4.74 Å². The first-order chi connectivity index (χ1) is 16.7. The van der Waals surface area contributed by atoms with Crippen LogP contribution in [0.15, 0.2) is 65.6 Å². The third-order valence-corrected chi connectivity index (χ3v) is 7.69. The molecule has 0 radical (unpaired) electrons. The molecule has 3 aromatic carbocycles. The Bertz CT molecular complexity index is 1360. The minimum absolute atomic E-state index is 0.0950. The molecule has 4 rings (SSSR count). The maximum Gasteiger partial charge on any atom is 0.319 e. The highest BCUT2D eigenvalue weighted by Gasteiger charge is 2.21. The quantitative estimate of drug-likeness (QED) is 0.497. The number of fused-ring (bicyclic) bond motifs is 1. The van der Waals surface area contributed by atoms with Crippen molar-refractivity contribution >= 4 is 21.6 Å². The van der Waals surface area contributed by atoms with Gasteiger partial charge in [-0.3, -0.25) is 4.90 Å². The normalized spacial score (nSPS) is 14.3. The van der Waals surface area contributed by atoms with Crippen molar-refractivity contribution in [2.75, 3.05) is 19.5 Å². The van der Waals surface area contributed by atoms with Crippen LogP contribution in [-0.2, 0) is 28.7 Å². The molecule has 35 heavy (non-hydrogen) atoms. The molecular formula is C26H28FN3O4S. The first-order valence-corrected chi connectivity index (χ1v) is 12.8. The van der Waals surface area contributed by atoms with Gasteiger partial charge in [0.2, 0.25) is 0 Å². The molecule has 0 aliphatic carbocycles. The van der Waals surface area contributed by atoms with Gasteiger partial charge in [-0.2, -0.15) is 0 Å². The van der Waals surface area contributed by atoms with Gasteiger partial charge in [-0.05, 0) is 48.9 Å². The van der Waals surface area contributed by atoms with Crippen molar-refractivity contribution in [3.05, 3.63) is 88.7 Å². The molecule has 1 heterocycles. The van der Waals surface area contributed by atoms with Gasteiger partial charge in [0.05, 0.1) is 29.5 Å². The van der Waals surface area contributed by atoms with E-state index in [1.165, 1.54) is 36.9 Å². The number of hydrogen-bond donors (Lipinski definition) is 2. The Hall–Kier alpha value is -3.43. The highest BCUT2D eigenvalue weighted by molar-refractivity contribution is 7.90. The van der Waals surface area contributed by atoms with Crippen molar-refractivity contribution in [2.24, 2.45) is 0 Å². The molecule has 1 aliphatic rings. The lowest BCUT2D eigenvalue weighted by Gasteiger charge is -2.17. The average Bonchev–Trinajstić information content (AvgIpc) is 3.18. The molecule has 184 valence electrons. The minimum atomic E-state index is -3.65. The van der Waals surface area contributed by atoms with E-state index in [9.17, 15) is 17.6 Å². The summed E-state index contributed by atoms with van der Waals surface area (Å²) in [5.41, 5.74) is 3.74.